The first kappa shape index (κ1) is 38.3. The Bertz CT molecular complexity index is 3140. The molecule has 0 amide bonds. The van der Waals surface area contributed by atoms with E-state index in [0.29, 0.717) is 0 Å². The maximum atomic E-state index is 2.61. The molecule has 65 heavy (non-hydrogen) atoms. The molecule has 4 bridgehead atoms. The maximum Gasteiger partial charge on any atom is 0.0468 e. The van der Waals surface area contributed by atoms with Crippen LogP contribution in [0.15, 0.2) is 224 Å². The van der Waals surface area contributed by atoms with Crippen molar-refractivity contribution in [2.45, 2.75) is 37.5 Å². The summed E-state index contributed by atoms with van der Waals surface area (Å²) in [6.07, 6.45) is 7.11. The Hall–Kier alpha value is -7.22. The molecule has 312 valence electrons. The molecular formula is C64H51N. The van der Waals surface area contributed by atoms with Crippen molar-refractivity contribution in [1.29, 1.82) is 0 Å². The quantitative estimate of drug-likeness (QED) is 0.147. The molecule has 5 aliphatic rings. The molecule has 0 saturated heterocycles. The van der Waals surface area contributed by atoms with Crippen LogP contribution in [-0.2, 0) is 5.41 Å². The van der Waals surface area contributed by atoms with Crippen molar-refractivity contribution in [3.63, 3.8) is 0 Å². The van der Waals surface area contributed by atoms with Gasteiger partial charge in [0.25, 0.3) is 0 Å². The summed E-state index contributed by atoms with van der Waals surface area (Å²) in [6, 6.07) is 83.4. The Morgan fingerprint density at radius 3 is 1.25 bits per heavy atom. The molecule has 9 aromatic rings. The monoisotopic (exact) mass is 833 g/mol. The molecule has 0 radical (unpaired) electrons. The molecule has 4 saturated carbocycles. The third-order valence-corrected chi connectivity index (χ3v) is 15.9. The fourth-order valence-corrected chi connectivity index (χ4v) is 13.3. The van der Waals surface area contributed by atoms with Crippen molar-refractivity contribution in [2.75, 3.05) is 4.90 Å². The van der Waals surface area contributed by atoms with E-state index >= 15 is 0 Å². The molecule has 1 heteroatoms. The van der Waals surface area contributed by atoms with Crippen LogP contribution in [0, 0.1) is 23.7 Å². The van der Waals surface area contributed by atoms with Gasteiger partial charge >= 0.3 is 0 Å². The SMILES string of the molecule is c1ccc(-c2ccc(N(c3ccc(-c4ccc(-c5ccc6c(c5)C5(c7ccccc7-6)C6CC7CC(C6)CC5C7)cc4)cc3)c3ccc(-c4ccccc4)c(-c4ccccc4)c3)cc2)cc1. The van der Waals surface area contributed by atoms with Crippen LogP contribution in [0.4, 0.5) is 17.1 Å². The van der Waals surface area contributed by atoms with Gasteiger partial charge < -0.3 is 4.90 Å². The van der Waals surface area contributed by atoms with Crippen molar-refractivity contribution in [2.24, 2.45) is 23.7 Å². The molecule has 5 aliphatic carbocycles. The number of hydrogen-bond donors (Lipinski definition) is 0. The number of hydrogen-bond acceptors (Lipinski definition) is 1. The Balaban J connectivity index is 0.846. The van der Waals surface area contributed by atoms with Crippen LogP contribution >= 0.6 is 0 Å². The summed E-state index contributed by atoms with van der Waals surface area (Å²) in [5.74, 6) is 3.42. The zero-order valence-electron chi connectivity index (χ0n) is 36.7. The summed E-state index contributed by atoms with van der Waals surface area (Å²) < 4.78 is 0. The van der Waals surface area contributed by atoms with Crippen molar-refractivity contribution in [1.82, 2.24) is 0 Å². The highest BCUT2D eigenvalue weighted by atomic mass is 15.1. The zero-order chi connectivity index (χ0) is 42.9. The highest BCUT2D eigenvalue weighted by Gasteiger charge is 2.61. The first-order valence-corrected chi connectivity index (χ1v) is 23.8. The summed E-state index contributed by atoms with van der Waals surface area (Å²) in [6.45, 7) is 0. The van der Waals surface area contributed by atoms with E-state index in [-0.39, 0.29) is 5.41 Å². The summed E-state index contributed by atoms with van der Waals surface area (Å²) in [5.41, 5.74) is 22.1. The van der Waals surface area contributed by atoms with Crippen LogP contribution in [0.5, 0.6) is 0 Å². The lowest BCUT2D eigenvalue weighted by Crippen LogP contribution is -2.55. The Morgan fingerprint density at radius 2 is 0.677 bits per heavy atom. The first-order chi connectivity index (χ1) is 32.2. The molecule has 4 fully saturated rings. The highest BCUT2D eigenvalue weighted by molar-refractivity contribution is 5.90. The van der Waals surface area contributed by atoms with Gasteiger partial charge in [0.05, 0.1) is 0 Å². The minimum absolute atomic E-state index is 0.182. The van der Waals surface area contributed by atoms with Gasteiger partial charge in [-0.15, -0.1) is 0 Å². The van der Waals surface area contributed by atoms with Gasteiger partial charge in [0.1, 0.15) is 0 Å². The number of fused-ring (bicyclic) bond motifs is 3. The minimum Gasteiger partial charge on any atom is -0.310 e. The van der Waals surface area contributed by atoms with Crippen LogP contribution in [0.1, 0.15) is 43.2 Å². The number of nitrogens with zero attached hydrogens (tertiary/aromatic N) is 1. The topological polar surface area (TPSA) is 3.24 Å². The van der Waals surface area contributed by atoms with Crippen molar-refractivity contribution in [3.8, 4) is 66.8 Å². The van der Waals surface area contributed by atoms with E-state index in [4.69, 9.17) is 0 Å². The molecule has 0 N–H and O–H groups in total. The van der Waals surface area contributed by atoms with Gasteiger partial charge in [0.2, 0.25) is 0 Å². The average Bonchev–Trinajstić information content (AvgIpc) is 3.67. The number of benzene rings is 9. The number of rotatable bonds is 8. The second kappa shape index (κ2) is 15.5. The van der Waals surface area contributed by atoms with Crippen LogP contribution in [0.2, 0.25) is 0 Å². The maximum absolute atomic E-state index is 2.61. The Morgan fingerprint density at radius 1 is 0.277 bits per heavy atom. The molecule has 0 heterocycles. The molecule has 14 rings (SSSR count). The fourth-order valence-electron chi connectivity index (χ4n) is 13.3. The van der Waals surface area contributed by atoms with Crippen LogP contribution in [-0.4, -0.2) is 0 Å². The van der Waals surface area contributed by atoms with Gasteiger partial charge in [-0.1, -0.05) is 182 Å². The second-order valence-electron chi connectivity index (χ2n) is 19.3. The molecule has 9 aromatic carbocycles. The van der Waals surface area contributed by atoms with Crippen molar-refractivity contribution >= 4 is 17.1 Å². The van der Waals surface area contributed by atoms with E-state index in [1.165, 1.54) is 98.9 Å². The van der Waals surface area contributed by atoms with Gasteiger partial charge in [-0.25, -0.2) is 0 Å². The molecule has 1 spiro atoms. The summed E-state index contributed by atoms with van der Waals surface area (Å²) in [5, 5.41) is 0. The smallest absolute Gasteiger partial charge is 0.0468 e. The van der Waals surface area contributed by atoms with E-state index in [9.17, 15) is 0 Å². The van der Waals surface area contributed by atoms with E-state index in [1.54, 1.807) is 11.1 Å². The van der Waals surface area contributed by atoms with Crippen LogP contribution in [0.25, 0.3) is 66.8 Å². The first-order valence-electron chi connectivity index (χ1n) is 23.8. The molecule has 0 atom stereocenters. The summed E-state index contributed by atoms with van der Waals surface area (Å²) in [4.78, 5) is 2.39. The lowest BCUT2D eigenvalue weighted by molar-refractivity contribution is -0.0399. The summed E-state index contributed by atoms with van der Waals surface area (Å²) >= 11 is 0. The predicted molar refractivity (Wildman–Crippen MR) is 272 cm³/mol. The third-order valence-electron chi connectivity index (χ3n) is 15.9. The second-order valence-corrected chi connectivity index (χ2v) is 19.3. The van der Waals surface area contributed by atoms with Gasteiger partial charge in [-0.2, -0.15) is 0 Å². The molecule has 0 aromatic heterocycles. The van der Waals surface area contributed by atoms with Gasteiger partial charge in [-0.3, -0.25) is 0 Å². The largest absolute Gasteiger partial charge is 0.310 e. The van der Waals surface area contributed by atoms with E-state index in [2.05, 4.69) is 229 Å². The van der Waals surface area contributed by atoms with Gasteiger partial charge in [-0.05, 0) is 176 Å². The van der Waals surface area contributed by atoms with Crippen molar-refractivity contribution in [3.05, 3.63) is 236 Å². The normalized spacial score (nSPS) is 21.0. The summed E-state index contributed by atoms with van der Waals surface area (Å²) in [7, 11) is 0. The highest BCUT2D eigenvalue weighted by Crippen LogP contribution is 2.69. The van der Waals surface area contributed by atoms with Gasteiger partial charge in [0, 0.05) is 22.5 Å². The molecule has 0 aliphatic heterocycles. The fraction of sp³-hybridized carbons (Fsp3) is 0.156. The van der Waals surface area contributed by atoms with E-state index < -0.39 is 0 Å². The standard InChI is InChI=1S/C64H51N/c1-4-12-45(13-5-1)47-24-29-55(30-25-47)65(57-33-35-58(50-14-6-2-7-15-50)61(42-57)51-16-8-3-9-17-51)56-31-26-48(27-32-56)46-20-22-49(23-21-46)52-28-34-60-59-18-10-11-19-62(59)64(63(60)41-52)53-37-43-36-44(39-53)40-54(64)38-43/h1-35,41-44,53-54H,36-40H2. The Labute approximate surface area is 383 Å². The third kappa shape index (κ3) is 6.35. The van der Waals surface area contributed by atoms with E-state index in [1.807, 2.05) is 0 Å². The van der Waals surface area contributed by atoms with Gasteiger partial charge in [0.15, 0.2) is 0 Å². The predicted octanol–water partition coefficient (Wildman–Crippen LogP) is 17.2. The molecule has 0 unspecified atom stereocenters. The molecular weight excluding hydrogens is 783 g/mol. The lowest BCUT2D eigenvalue weighted by atomic mass is 9.43. The number of anilines is 3. The minimum atomic E-state index is 0.182. The van der Waals surface area contributed by atoms with Crippen LogP contribution < -0.4 is 4.90 Å². The van der Waals surface area contributed by atoms with Crippen LogP contribution in [0.3, 0.4) is 0 Å². The zero-order valence-corrected chi connectivity index (χ0v) is 36.7. The Kier molecular flexibility index (Phi) is 9.12. The molecule has 1 nitrogen and oxygen atoms in total. The lowest BCUT2D eigenvalue weighted by Gasteiger charge is -2.61. The average molecular weight is 834 g/mol. The van der Waals surface area contributed by atoms with Crippen molar-refractivity contribution < 1.29 is 0 Å². The van der Waals surface area contributed by atoms with E-state index in [0.717, 1.165) is 40.7 Å².